The molecule has 0 radical (unpaired) electrons. The van der Waals surface area contributed by atoms with Crippen molar-refractivity contribution in [2.24, 2.45) is 7.05 Å². The molecule has 0 saturated carbocycles. The minimum atomic E-state index is 0.473. The van der Waals surface area contributed by atoms with Crippen molar-refractivity contribution in [3.63, 3.8) is 0 Å². The van der Waals surface area contributed by atoms with Crippen LogP contribution in [0.4, 0.5) is 0 Å². The molecule has 1 aromatic heterocycles. The molecule has 0 saturated heterocycles. The lowest BCUT2D eigenvalue weighted by atomic mass is 10.0. The zero-order chi connectivity index (χ0) is 11.0. The Labute approximate surface area is 88.9 Å². The Hall–Kier alpha value is -1.82. The summed E-state index contributed by atoms with van der Waals surface area (Å²) in [6.45, 7) is 4.28. The maximum absolute atomic E-state index is 8.95. The topological polar surface area (TPSA) is 41.6 Å². The van der Waals surface area contributed by atoms with Crippen LogP contribution in [-0.4, -0.2) is 9.78 Å². The van der Waals surface area contributed by atoms with Gasteiger partial charge in [0, 0.05) is 12.4 Å². The number of aryl methyl sites for hydroxylation is 1. The largest absolute Gasteiger partial charge is 0.267 e. The van der Waals surface area contributed by atoms with Gasteiger partial charge < -0.3 is 0 Å². The van der Waals surface area contributed by atoms with Gasteiger partial charge >= 0.3 is 0 Å². The fraction of sp³-hybridized carbons (Fsp3) is 0.333. The van der Waals surface area contributed by atoms with E-state index in [1.807, 2.05) is 13.1 Å². The lowest BCUT2D eigenvalue weighted by molar-refractivity contribution is 0.791. The summed E-state index contributed by atoms with van der Waals surface area (Å²) < 4.78 is 1.75. The highest BCUT2D eigenvalue weighted by Gasteiger charge is 2.09. The van der Waals surface area contributed by atoms with Crippen LogP contribution in [0.5, 0.6) is 0 Å². The van der Waals surface area contributed by atoms with Crippen LogP contribution in [0.2, 0.25) is 0 Å². The van der Waals surface area contributed by atoms with Crippen molar-refractivity contribution in [1.29, 1.82) is 5.26 Å². The molecule has 2 rings (SSSR count). The highest BCUT2D eigenvalue weighted by molar-refractivity contribution is 5.84. The van der Waals surface area contributed by atoms with Crippen LogP contribution < -0.4 is 0 Å². The molecule has 3 nitrogen and oxygen atoms in total. The van der Waals surface area contributed by atoms with Crippen LogP contribution in [0.25, 0.3) is 10.9 Å². The smallest absolute Gasteiger partial charge is 0.170 e. The molecule has 0 aliphatic carbocycles. The molecule has 0 bridgehead atoms. The first-order valence-electron chi connectivity index (χ1n) is 5.00. The van der Waals surface area contributed by atoms with Crippen molar-refractivity contribution in [3.8, 4) is 6.07 Å². The molecule has 0 amide bonds. The lowest BCUT2D eigenvalue weighted by Crippen LogP contribution is -1.90. The van der Waals surface area contributed by atoms with E-state index in [0.717, 1.165) is 10.9 Å². The first-order valence-corrected chi connectivity index (χ1v) is 5.00. The molecule has 0 spiro atoms. The number of nitriles is 1. The second kappa shape index (κ2) is 3.39. The zero-order valence-electron chi connectivity index (χ0n) is 9.15. The maximum atomic E-state index is 8.95. The Kier molecular flexibility index (Phi) is 2.20. The van der Waals surface area contributed by atoms with E-state index in [1.165, 1.54) is 5.56 Å². The van der Waals surface area contributed by atoms with Gasteiger partial charge in [0.1, 0.15) is 6.07 Å². The third-order valence-electron chi connectivity index (χ3n) is 2.65. The minimum absolute atomic E-state index is 0.473. The number of nitrogens with zero attached hydrogens (tertiary/aromatic N) is 3. The first kappa shape index (κ1) is 9.72. The quantitative estimate of drug-likeness (QED) is 0.708. The summed E-state index contributed by atoms with van der Waals surface area (Å²) in [7, 11) is 1.86. The highest BCUT2D eigenvalue weighted by atomic mass is 15.3. The summed E-state index contributed by atoms with van der Waals surface area (Å²) in [6, 6.07) is 8.31. The molecule has 0 N–H and O–H groups in total. The Morgan fingerprint density at radius 2 is 2.13 bits per heavy atom. The van der Waals surface area contributed by atoms with Gasteiger partial charge in [-0.25, -0.2) is 0 Å². The average Bonchev–Trinajstić information content (AvgIpc) is 2.55. The van der Waals surface area contributed by atoms with Gasteiger partial charge in [-0.3, -0.25) is 4.68 Å². The standard InChI is InChI=1S/C12H13N3/c1-8(2)9-4-5-12-10(6-9)11(7-13)14-15(12)3/h4-6,8H,1-3H3. The number of hydrogen-bond acceptors (Lipinski definition) is 2. The van der Waals surface area contributed by atoms with E-state index in [-0.39, 0.29) is 0 Å². The van der Waals surface area contributed by atoms with Crippen molar-refractivity contribution < 1.29 is 0 Å². The molecular formula is C12H13N3. The number of hydrogen-bond donors (Lipinski definition) is 0. The minimum Gasteiger partial charge on any atom is -0.267 e. The zero-order valence-corrected chi connectivity index (χ0v) is 9.15. The number of rotatable bonds is 1. The second-order valence-corrected chi connectivity index (χ2v) is 4.02. The lowest BCUT2D eigenvalue weighted by Gasteiger charge is -2.04. The van der Waals surface area contributed by atoms with E-state index in [4.69, 9.17) is 5.26 Å². The molecule has 0 aliphatic rings. The number of benzene rings is 1. The summed E-state index contributed by atoms with van der Waals surface area (Å²) in [5, 5.41) is 14.1. The number of fused-ring (bicyclic) bond motifs is 1. The highest BCUT2D eigenvalue weighted by Crippen LogP contribution is 2.23. The molecule has 0 unspecified atom stereocenters. The predicted octanol–water partition coefficient (Wildman–Crippen LogP) is 2.57. The molecule has 76 valence electrons. The van der Waals surface area contributed by atoms with E-state index in [1.54, 1.807) is 4.68 Å². The molecular weight excluding hydrogens is 186 g/mol. The molecule has 1 aromatic carbocycles. The molecule has 15 heavy (non-hydrogen) atoms. The van der Waals surface area contributed by atoms with Crippen LogP contribution >= 0.6 is 0 Å². The molecule has 2 aromatic rings. The molecule has 3 heteroatoms. The Morgan fingerprint density at radius 3 is 2.73 bits per heavy atom. The normalized spacial score (nSPS) is 10.9. The van der Waals surface area contributed by atoms with Gasteiger partial charge in [-0.05, 0) is 23.6 Å². The van der Waals surface area contributed by atoms with Crippen LogP contribution in [0.15, 0.2) is 18.2 Å². The van der Waals surface area contributed by atoms with Crippen molar-refractivity contribution in [2.45, 2.75) is 19.8 Å². The van der Waals surface area contributed by atoms with E-state index < -0.39 is 0 Å². The molecule has 0 aliphatic heterocycles. The predicted molar refractivity (Wildman–Crippen MR) is 59.5 cm³/mol. The summed E-state index contributed by atoms with van der Waals surface area (Å²) in [6.07, 6.45) is 0. The van der Waals surface area contributed by atoms with Crippen molar-refractivity contribution in [1.82, 2.24) is 9.78 Å². The average molecular weight is 199 g/mol. The summed E-state index contributed by atoms with van der Waals surface area (Å²) >= 11 is 0. The monoisotopic (exact) mass is 199 g/mol. The fourth-order valence-electron chi connectivity index (χ4n) is 1.72. The van der Waals surface area contributed by atoms with Gasteiger partial charge in [0.05, 0.1) is 5.52 Å². The van der Waals surface area contributed by atoms with Crippen LogP contribution in [0, 0.1) is 11.3 Å². The Balaban J connectivity index is 2.75. The van der Waals surface area contributed by atoms with Gasteiger partial charge in [0.15, 0.2) is 5.69 Å². The Morgan fingerprint density at radius 1 is 1.40 bits per heavy atom. The summed E-state index contributed by atoms with van der Waals surface area (Å²) in [5.74, 6) is 0.473. The number of aromatic nitrogens is 2. The molecule has 0 atom stereocenters. The molecule has 0 fully saturated rings. The summed E-state index contributed by atoms with van der Waals surface area (Å²) in [4.78, 5) is 0. The third kappa shape index (κ3) is 1.48. The van der Waals surface area contributed by atoms with Gasteiger partial charge in [0.2, 0.25) is 0 Å². The third-order valence-corrected chi connectivity index (χ3v) is 2.65. The van der Waals surface area contributed by atoms with Gasteiger partial charge in [-0.15, -0.1) is 0 Å². The first-order chi connectivity index (χ1) is 7.13. The second-order valence-electron chi connectivity index (χ2n) is 4.02. The van der Waals surface area contributed by atoms with E-state index in [2.05, 4.69) is 37.1 Å². The Bertz CT molecular complexity index is 544. The van der Waals surface area contributed by atoms with E-state index in [9.17, 15) is 0 Å². The van der Waals surface area contributed by atoms with Crippen molar-refractivity contribution in [3.05, 3.63) is 29.5 Å². The van der Waals surface area contributed by atoms with Crippen LogP contribution in [-0.2, 0) is 7.05 Å². The van der Waals surface area contributed by atoms with Crippen molar-refractivity contribution in [2.75, 3.05) is 0 Å². The summed E-state index contributed by atoms with van der Waals surface area (Å²) in [5.41, 5.74) is 2.76. The molecule has 1 heterocycles. The maximum Gasteiger partial charge on any atom is 0.170 e. The SMILES string of the molecule is CC(C)c1ccc2c(c1)c(C#N)nn2C. The van der Waals surface area contributed by atoms with E-state index >= 15 is 0 Å². The van der Waals surface area contributed by atoms with Crippen LogP contribution in [0.1, 0.15) is 31.0 Å². The van der Waals surface area contributed by atoms with E-state index in [0.29, 0.717) is 11.6 Å². The van der Waals surface area contributed by atoms with Crippen molar-refractivity contribution >= 4 is 10.9 Å². The van der Waals surface area contributed by atoms with Crippen LogP contribution in [0.3, 0.4) is 0 Å². The van der Waals surface area contributed by atoms with Gasteiger partial charge in [-0.1, -0.05) is 19.9 Å². The van der Waals surface area contributed by atoms with Gasteiger partial charge in [-0.2, -0.15) is 10.4 Å². The van der Waals surface area contributed by atoms with Gasteiger partial charge in [0.25, 0.3) is 0 Å². The fourth-order valence-corrected chi connectivity index (χ4v) is 1.72.